The van der Waals surface area contributed by atoms with E-state index < -0.39 is 0 Å². The predicted octanol–water partition coefficient (Wildman–Crippen LogP) is 2.22. The molecule has 3 heteroatoms. The zero-order valence-electron chi connectivity index (χ0n) is 10.2. The summed E-state index contributed by atoms with van der Waals surface area (Å²) in [5, 5.41) is 0. The molecule has 1 aromatic heterocycles. The molecule has 0 atom stereocenters. The molecule has 2 rings (SSSR count). The maximum absolute atomic E-state index is 11.9. The molecule has 18 heavy (non-hydrogen) atoms. The van der Waals surface area contributed by atoms with Crippen LogP contribution in [-0.2, 0) is 0 Å². The van der Waals surface area contributed by atoms with Crippen molar-refractivity contribution >= 4 is 17.7 Å². The van der Waals surface area contributed by atoms with E-state index in [1.54, 1.807) is 41.4 Å². The first-order valence-corrected chi connectivity index (χ1v) is 5.70. The van der Waals surface area contributed by atoms with Gasteiger partial charge in [0, 0.05) is 23.4 Å². The lowest BCUT2D eigenvalue weighted by Crippen LogP contribution is -2.24. The van der Waals surface area contributed by atoms with Crippen molar-refractivity contribution in [3.05, 3.63) is 66.0 Å². The third-order valence-corrected chi connectivity index (χ3v) is 2.58. The summed E-state index contributed by atoms with van der Waals surface area (Å²) in [6.07, 6.45) is 6.86. The minimum absolute atomic E-state index is 0.0111. The summed E-state index contributed by atoms with van der Waals surface area (Å²) in [5.74, 6) is -0.0111. The number of hydrogen-bond donors (Lipinski definition) is 1. The van der Waals surface area contributed by atoms with Gasteiger partial charge in [-0.2, -0.15) is 4.57 Å². The Balaban J connectivity index is 2.14. The van der Waals surface area contributed by atoms with Crippen LogP contribution in [0.25, 0.3) is 6.20 Å². The Bertz CT molecular complexity index is 586. The molecule has 0 unspecified atom stereocenters. The molecule has 1 aromatic carbocycles. The molecule has 0 fully saturated rings. The number of nitrogens with zero attached hydrogens (tertiary/aromatic N) is 1. The van der Waals surface area contributed by atoms with Gasteiger partial charge in [0.05, 0.1) is 6.08 Å². The predicted molar refractivity (Wildman–Crippen MR) is 71.9 cm³/mol. The molecular formula is C15H15N2O+. The third-order valence-electron chi connectivity index (χ3n) is 2.58. The monoisotopic (exact) mass is 239 g/mol. The number of anilines is 1. The van der Waals surface area contributed by atoms with Crippen molar-refractivity contribution in [2.45, 2.75) is 6.92 Å². The van der Waals surface area contributed by atoms with Crippen LogP contribution in [0.1, 0.15) is 15.9 Å². The van der Waals surface area contributed by atoms with E-state index in [9.17, 15) is 4.79 Å². The van der Waals surface area contributed by atoms with Crippen molar-refractivity contribution in [2.75, 3.05) is 5.73 Å². The number of nitrogens with two attached hydrogens (primary N) is 1. The van der Waals surface area contributed by atoms with Crippen LogP contribution < -0.4 is 10.3 Å². The number of carbonyl (C=O) groups excluding carboxylic acids is 1. The average molecular weight is 239 g/mol. The Morgan fingerprint density at radius 1 is 1.22 bits per heavy atom. The van der Waals surface area contributed by atoms with Crippen LogP contribution in [0.4, 0.5) is 5.69 Å². The summed E-state index contributed by atoms with van der Waals surface area (Å²) in [6.45, 7) is 1.97. The topological polar surface area (TPSA) is 47.0 Å². The van der Waals surface area contributed by atoms with Crippen molar-refractivity contribution in [3.63, 3.8) is 0 Å². The van der Waals surface area contributed by atoms with Gasteiger partial charge in [0.1, 0.15) is 0 Å². The number of benzene rings is 1. The van der Waals surface area contributed by atoms with Crippen molar-refractivity contribution in [3.8, 4) is 0 Å². The number of ketones is 1. The van der Waals surface area contributed by atoms with Gasteiger partial charge in [-0.25, -0.2) is 0 Å². The molecule has 0 aliphatic heterocycles. The summed E-state index contributed by atoms with van der Waals surface area (Å²) < 4.78 is 1.78. The summed E-state index contributed by atoms with van der Waals surface area (Å²) in [6, 6.07) is 11.1. The first-order valence-electron chi connectivity index (χ1n) is 5.70. The van der Waals surface area contributed by atoms with E-state index in [2.05, 4.69) is 0 Å². The molecule has 0 aliphatic carbocycles. The number of aryl methyl sites for hydroxylation is 1. The fourth-order valence-corrected chi connectivity index (χ4v) is 1.60. The molecule has 0 aliphatic rings. The summed E-state index contributed by atoms with van der Waals surface area (Å²) in [4.78, 5) is 11.9. The molecule has 0 bridgehead atoms. The lowest BCUT2D eigenvalue weighted by Gasteiger charge is -1.96. The van der Waals surface area contributed by atoms with E-state index in [1.807, 2.05) is 31.2 Å². The number of carbonyl (C=O) groups is 1. The van der Waals surface area contributed by atoms with Crippen LogP contribution >= 0.6 is 0 Å². The normalized spacial score (nSPS) is 10.7. The second kappa shape index (κ2) is 5.27. The number of nitrogen functional groups attached to an aromatic ring is 1. The van der Waals surface area contributed by atoms with Gasteiger partial charge >= 0.3 is 0 Å². The highest BCUT2D eigenvalue weighted by Gasteiger charge is 2.03. The number of hydrogen-bond acceptors (Lipinski definition) is 2. The molecule has 0 spiro atoms. The van der Waals surface area contributed by atoms with Crippen LogP contribution in [0, 0.1) is 6.92 Å². The highest BCUT2D eigenvalue weighted by atomic mass is 16.1. The summed E-state index contributed by atoms with van der Waals surface area (Å²) >= 11 is 0. The number of pyridine rings is 1. The van der Waals surface area contributed by atoms with Gasteiger partial charge in [0.2, 0.25) is 0 Å². The van der Waals surface area contributed by atoms with E-state index in [4.69, 9.17) is 5.73 Å². The molecule has 0 amide bonds. The third kappa shape index (κ3) is 3.04. The minimum atomic E-state index is -0.0111. The number of rotatable bonds is 3. The first kappa shape index (κ1) is 12.0. The van der Waals surface area contributed by atoms with Crippen LogP contribution in [0.15, 0.2) is 54.9 Å². The van der Waals surface area contributed by atoms with Gasteiger partial charge in [-0.3, -0.25) is 4.79 Å². The minimum Gasteiger partial charge on any atom is -0.398 e. The maximum Gasteiger partial charge on any atom is 0.191 e. The fourth-order valence-electron chi connectivity index (χ4n) is 1.60. The standard InChI is InChI=1S/C15H14N2O/c1-12-3-2-4-13(11-12)15(18)7-10-17-8-5-14(16)6-9-17/h2-11,16H,1H3/p+1. The molecule has 0 saturated carbocycles. The van der Waals surface area contributed by atoms with E-state index in [0.717, 1.165) is 5.56 Å². The zero-order valence-corrected chi connectivity index (χ0v) is 10.2. The van der Waals surface area contributed by atoms with Gasteiger partial charge in [0.15, 0.2) is 24.4 Å². The Morgan fingerprint density at radius 2 is 1.94 bits per heavy atom. The zero-order chi connectivity index (χ0) is 13.0. The summed E-state index contributed by atoms with van der Waals surface area (Å²) in [5.41, 5.74) is 8.06. The van der Waals surface area contributed by atoms with E-state index >= 15 is 0 Å². The Morgan fingerprint density at radius 3 is 2.61 bits per heavy atom. The second-order valence-electron chi connectivity index (χ2n) is 4.13. The first-order chi connectivity index (χ1) is 8.65. The molecule has 0 saturated heterocycles. The van der Waals surface area contributed by atoms with E-state index in [1.165, 1.54) is 0 Å². The van der Waals surface area contributed by atoms with E-state index in [-0.39, 0.29) is 5.78 Å². The van der Waals surface area contributed by atoms with Gasteiger partial charge < -0.3 is 5.73 Å². The van der Waals surface area contributed by atoms with Crippen LogP contribution in [0.2, 0.25) is 0 Å². The van der Waals surface area contributed by atoms with Crippen molar-refractivity contribution in [1.29, 1.82) is 0 Å². The SMILES string of the molecule is Cc1cccc(C(=O)C=C[n+]2ccc(N)cc2)c1. The highest BCUT2D eigenvalue weighted by molar-refractivity contribution is 6.05. The average Bonchev–Trinajstić information content (AvgIpc) is 2.38. The molecule has 2 N–H and O–H groups in total. The van der Waals surface area contributed by atoms with Crippen molar-refractivity contribution in [2.24, 2.45) is 0 Å². The number of allylic oxidation sites excluding steroid dienone is 1. The maximum atomic E-state index is 11.9. The van der Waals surface area contributed by atoms with Crippen LogP contribution in [0.5, 0.6) is 0 Å². The lowest BCUT2D eigenvalue weighted by molar-refractivity contribution is -0.568. The lowest BCUT2D eigenvalue weighted by atomic mass is 10.1. The largest absolute Gasteiger partial charge is 0.398 e. The van der Waals surface area contributed by atoms with Gasteiger partial charge in [-0.15, -0.1) is 0 Å². The Hall–Kier alpha value is -2.42. The quantitative estimate of drug-likeness (QED) is 0.507. The van der Waals surface area contributed by atoms with Crippen molar-refractivity contribution in [1.82, 2.24) is 0 Å². The Kier molecular flexibility index (Phi) is 3.53. The van der Waals surface area contributed by atoms with Gasteiger partial charge in [-0.05, 0) is 13.0 Å². The van der Waals surface area contributed by atoms with Crippen molar-refractivity contribution < 1.29 is 9.36 Å². The fraction of sp³-hybridized carbons (Fsp3) is 0.0667. The summed E-state index contributed by atoms with van der Waals surface area (Å²) in [7, 11) is 0. The van der Waals surface area contributed by atoms with Crippen LogP contribution in [0.3, 0.4) is 0 Å². The van der Waals surface area contributed by atoms with Gasteiger partial charge in [0.25, 0.3) is 0 Å². The number of aromatic nitrogens is 1. The molecule has 2 aromatic rings. The molecule has 90 valence electrons. The molecule has 1 heterocycles. The highest BCUT2D eigenvalue weighted by Crippen LogP contribution is 2.05. The molecule has 3 nitrogen and oxygen atoms in total. The van der Waals surface area contributed by atoms with E-state index in [0.29, 0.717) is 11.3 Å². The Labute approximate surface area is 106 Å². The second-order valence-corrected chi connectivity index (χ2v) is 4.13. The molecule has 0 radical (unpaired) electrons. The molecular weight excluding hydrogens is 224 g/mol. The smallest absolute Gasteiger partial charge is 0.191 e. The van der Waals surface area contributed by atoms with Crippen LogP contribution in [-0.4, -0.2) is 5.78 Å². The van der Waals surface area contributed by atoms with Gasteiger partial charge in [-0.1, -0.05) is 23.8 Å².